The van der Waals surface area contributed by atoms with Gasteiger partial charge in [0, 0.05) is 32.1 Å². The van der Waals surface area contributed by atoms with Crippen LogP contribution in [-0.4, -0.2) is 60.1 Å². The molecular formula is C15H22ClN3O3S. The zero-order chi connectivity index (χ0) is 15.5. The minimum absolute atomic E-state index is 0. The van der Waals surface area contributed by atoms with Crippen molar-refractivity contribution in [2.75, 3.05) is 26.2 Å². The molecule has 3 unspecified atom stereocenters. The van der Waals surface area contributed by atoms with E-state index in [1.54, 1.807) is 11.0 Å². The third kappa shape index (κ3) is 4.03. The summed E-state index contributed by atoms with van der Waals surface area (Å²) in [5, 5.41) is 17.6. The van der Waals surface area contributed by atoms with Crippen LogP contribution in [0, 0.1) is 5.92 Å². The normalized spacial score (nSPS) is 26.8. The van der Waals surface area contributed by atoms with Crippen molar-refractivity contribution in [2.24, 2.45) is 5.92 Å². The number of carbonyl (C=O) groups excluding carboxylic acids is 2. The van der Waals surface area contributed by atoms with Crippen LogP contribution < -0.4 is 10.6 Å². The fraction of sp³-hybridized carbons (Fsp3) is 0.600. The Morgan fingerprint density at radius 3 is 2.91 bits per heavy atom. The highest BCUT2D eigenvalue weighted by atomic mass is 35.5. The number of thiophene rings is 1. The lowest BCUT2D eigenvalue weighted by Crippen LogP contribution is -2.47. The molecule has 0 aromatic carbocycles. The summed E-state index contributed by atoms with van der Waals surface area (Å²) in [7, 11) is 0. The predicted molar refractivity (Wildman–Crippen MR) is 91.0 cm³/mol. The van der Waals surface area contributed by atoms with Crippen molar-refractivity contribution in [2.45, 2.75) is 25.0 Å². The number of rotatable bonds is 4. The van der Waals surface area contributed by atoms with Crippen molar-refractivity contribution in [1.29, 1.82) is 0 Å². The van der Waals surface area contributed by atoms with Crippen LogP contribution in [0.1, 0.15) is 22.5 Å². The van der Waals surface area contributed by atoms with Gasteiger partial charge in [0.2, 0.25) is 5.91 Å². The first-order valence-electron chi connectivity index (χ1n) is 7.68. The third-order valence-corrected chi connectivity index (χ3v) is 5.25. The molecule has 1 aromatic heterocycles. The van der Waals surface area contributed by atoms with E-state index in [0.717, 1.165) is 6.42 Å². The summed E-state index contributed by atoms with van der Waals surface area (Å²) in [6, 6.07) is 3.25. The van der Waals surface area contributed by atoms with Crippen molar-refractivity contribution in [3.63, 3.8) is 0 Å². The Labute approximate surface area is 145 Å². The third-order valence-electron chi connectivity index (χ3n) is 4.39. The van der Waals surface area contributed by atoms with Crippen LogP contribution in [-0.2, 0) is 4.79 Å². The number of nitrogens with zero attached hydrogens (tertiary/aromatic N) is 1. The summed E-state index contributed by atoms with van der Waals surface area (Å²) in [5.41, 5.74) is 0. The van der Waals surface area contributed by atoms with Crippen molar-refractivity contribution >= 4 is 35.6 Å². The molecule has 0 radical (unpaired) electrons. The molecule has 0 saturated carbocycles. The maximum Gasteiger partial charge on any atom is 0.264 e. The molecule has 3 heterocycles. The minimum Gasteiger partial charge on any atom is -0.391 e. The largest absolute Gasteiger partial charge is 0.391 e. The molecule has 2 aliphatic rings. The molecule has 0 aliphatic carbocycles. The highest BCUT2D eigenvalue weighted by Gasteiger charge is 2.35. The maximum absolute atomic E-state index is 12.4. The number of likely N-dealkylation sites (tertiary alicyclic amines) is 1. The lowest BCUT2D eigenvalue weighted by Gasteiger charge is -2.24. The zero-order valence-electron chi connectivity index (χ0n) is 12.7. The van der Waals surface area contributed by atoms with Gasteiger partial charge in [-0.15, -0.1) is 23.7 Å². The lowest BCUT2D eigenvalue weighted by atomic mass is 10.1. The summed E-state index contributed by atoms with van der Waals surface area (Å²) >= 11 is 1.40. The summed E-state index contributed by atoms with van der Waals surface area (Å²) in [6.07, 6.45) is 1.14. The molecular weight excluding hydrogens is 338 g/mol. The van der Waals surface area contributed by atoms with Gasteiger partial charge in [0.15, 0.2) is 0 Å². The molecule has 1 aromatic rings. The summed E-state index contributed by atoms with van der Waals surface area (Å²) < 4.78 is 0. The van der Waals surface area contributed by atoms with E-state index in [1.165, 1.54) is 11.3 Å². The van der Waals surface area contributed by atoms with Crippen LogP contribution in [0.5, 0.6) is 0 Å². The predicted octanol–water partition coefficient (Wildman–Crippen LogP) is 0.471. The second kappa shape index (κ2) is 8.10. The summed E-state index contributed by atoms with van der Waals surface area (Å²) in [4.78, 5) is 27.2. The fourth-order valence-corrected chi connectivity index (χ4v) is 3.78. The number of hydrogen-bond donors (Lipinski definition) is 3. The van der Waals surface area contributed by atoms with E-state index >= 15 is 0 Å². The average Bonchev–Trinajstić information content (AvgIpc) is 3.25. The van der Waals surface area contributed by atoms with Crippen molar-refractivity contribution < 1.29 is 14.7 Å². The van der Waals surface area contributed by atoms with Gasteiger partial charge in [-0.25, -0.2) is 0 Å². The van der Waals surface area contributed by atoms with E-state index < -0.39 is 6.10 Å². The number of aliphatic hydroxyl groups excluding tert-OH is 1. The SMILES string of the molecule is Cl.O=C(NCC1CNCC1O)C1CCCN1C(=O)c1cccs1. The lowest BCUT2D eigenvalue weighted by molar-refractivity contribution is -0.125. The van der Waals surface area contributed by atoms with Gasteiger partial charge >= 0.3 is 0 Å². The monoisotopic (exact) mass is 359 g/mol. The Morgan fingerprint density at radius 1 is 1.43 bits per heavy atom. The number of hydrogen-bond acceptors (Lipinski definition) is 5. The van der Waals surface area contributed by atoms with Crippen LogP contribution in [0.4, 0.5) is 0 Å². The fourth-order valence-electron chi connectivity index (χ4n) is 3.10. The molecule has 3 N–H and O–H groups in total. The second-order valence-electron chi connectivity index (χ2n) is 5.86. The van der Waals surface area contributed by atoms with Gasteiger partial charge in [-0.1, -0.05) is 6.07 Å². The van der Waals surface area contributed by atoms with Gasteiger partial charge in [0.1, 0.15) is 6.04 Å². The van der Waals surface area contributed by atoms with E-state index in [-0.39, 0.29) is 36.2 Å². The molecule has 0 bridgehead atoms. The number of β-amino-alcohol motifs (C(OH)–C–C–N with tert-alkyl or cyclic N) is 1. The van der Waals surface area contributed by atoms with Crippen LogP contribution >= 0.6 is 23.7 Å². The number of carbonyl (C=O) groups is 2. The van der Waals surface area contributed by atoms with Gasteiger partial charge in [-0.3, -0.25) is 9.59 Å². The number of aliphatic hydroxyl groups is 1. The molecule has 23 heavy (non-hydrogen) atoms. The number of nitrogens with one attached hydrogen (secondary N) is 2. The van der Waals surface area contributed by atoms with Gasteiger partial charge in [0.25, 0.3) is 5.91 Å². The zero-order valence-corrected chi connectivity index (χ0v) is 14.4. The Kier molecular flexibility index (Phi) is 6.41. The smallest absolute Gasteiger partial charge is 0.264 e. The summed E-state index contributed by atoms with van der Waals surface area (Å²) in [5.74, 6) is -0.122. The van der Waals surface area contributed by atoms with Crippen LogP contribution in [0.2, 0.25) is 0 Å². The van der Waals surface area contributed by atoms with E-state index in [1.807, 2.05) is 11.4 Å². The highest BCUT2D eigenvalue weighted by Crippen LogP contribution is 2.22. The molecule has 2 fully saturated rings. The van der Waals surface area contributed by atoms with Crippen molar-refractivity contribution in [3.8, 4) is 0 Å². The molecule has 128 valence electrons. The van der Waals surface area contributed by atoms with Crippen LogP contribution in [0.15, 0.2) is 17.5 Å². The standard InChI is InChI=1S/C15H21N3O3S.ClH/c19-12-9-16-7-10(12)8-17-14(20)11-3-1-5-18(11)15(21)13-4-2-6-22-13;/h2,4,6,10-12,16,19H,1,3,5,7-9H2,(H,17,20);1H. The second-order valence-corrected chi connectivity index (χ2v) is 6.81. The number of amides is 2. The summed E-state index contributed by atoms with van der Waals surface area (Å²) in [6.45, 7) is 2.36. The Bertz CT molecular complexity index is 540. The van der Waals surface area contributed by atoms with Gasteiger partial charge in [-0.05, 0) is 24.3 Å². The van der Waals surface area contributed by atoms with E-state index in [9.17, 15) is 14.7 Å². The molecule has 3 rings (SSSR count). The Hall–Kier alpha value is -1.15. The van der Waals surface area contributed by atoms with Gasteiger partial charge < -0.3 is 20.6 Å². The maximum atomic E-state index is 12.4. The van der Waals surface area contributed by atoms with Crippen LogP contribution in [0.3, 0.4) is 0 Å². The minimum atomic E-state index is -0.410. The molecule has 2 saturated heterocycles. The van der Waals surface area contributed by atoms with Gasteiger partial charge in [-0.2, -0.15) is 0 Å². The average molecular weight is 360 g/mol. The highest BCUT2D eigenvalue weighted by molar-refractivity contribution is 7.12. The van der Waals surface area contributed by atoms with Crippen LogP contribution in [0.25, 0.3) is 0 Å². The molecule has 0 spiro atoms. The van der Waals surface area contributed by atoms with Crippen molar-refractivity contribution in [1.82, 2.24) is 15.5 Å². The van der Waals surface area contributed by atoms with E-state index in [0.29, 0.717) is 37.5 Å². The Balaban J connectivity index is 0.00000192. The first-order chi connectivity index (χ1) is 10.7. The topological polar surface area (TPSA) is 81.7 Å². The molecule has 3 atom stereocenters. The van der Waals surface area contributed by atoms with Gasteiger partial charge in [0.05, 0.1) is 11.0 Å². The van der Waals surface area contributed by atoms with E-state index in [2.05, 4.69) is 10.6 Å². The first kappa shape index (κ1) is 18.2. The first-order valence-corrected chi connectivity index (χ1v) is 8.55. The van der Waals surface area contributed by atoms with E-state index in [4.69, 9.17) is 0 Å². The van der Waals surface area contributed by atoms with Crippen molar-refractivity contribution in [3.05, 3.63) is 22.4 Å². The number of halogens is 1. The molecule has 6 nitrogen and oxygen atoms in total. The molecule has 2 aliphatic heterocycles. The Morgan fingerprint density at radius 2 is 2.26 bits per heavy atom. The molecule has 8 heteroatoms. The molecule has 2 amide bonds. The quantitative estimate of drug-likeness (QED) is 0.730.